The Balaban J connectivity index is 0.000000252. The quantitative estimate of drug-likeness (QED) is 0.162. The summed E-state index contributed by atoms with van der Waals surface area (Å²) in [6, 6.07) is 10.1. The van der Waals surface area contributed by atoms with Gasteiger partial charge in [-0.15, -0.1) is 22.7 Å². The highest BCUT2D eigenvalue weighted by Crippen LogP contribution is 2.22. The van der Waals surface area contributed by atoms with Gasteiger partial charge in [0.2, 0.25) is 0 Å². The molecule has 1 fully saturated rings. The molecular formula is C21H25Cl2N11O4S2. The lowest BCUT2D eigenvalue weighted by Crippen LogP contribution is -2.56. The maximum absolute atomic E-state index is 10.9. The van der Waals surface area contributed by atoms with E-state index in [4.69, 9.17) is 23.2 Å². The fourth-order valence-electron chi connectivity index (χ4n) is 3.57. The van der Waals surface area contributed by atoms with E-state index in [1.165, 1.54) is 35.3 Å². The lowest BCUT2D eigenvalue weighted by Gasteiger charge is -2.41. The van der Waals surface area contributed by atoms with E-state index < -0.39 is 10.1 Å². The zero-order valence-corrected chi connectivity index (χ0v) is 24.5. The van der Waals surface area contributed by atoms with Crippen LogP contribution >= 0.6 is 45.9 Å². The molecule has 1 aliphatic heterocycles. The normalized spacial score (nSPS) is 15.0. The van der Waals surface area contributed by atoms with E-state index in [-0.39, 0.29) is 5.96 Å². The van der Waals surface area contributed by atoms with Gasteiger partial charge in [0.25, 0.3) is 11.9 Å². The highest BCUT2D eigenvalue weighted by Gasteiger charge is 2.29. The molecular weight excluding hydrogens is 605 g/mol. The van der Waals surface area contributed by atoms with Gasteiger partial charge < -0.3 is 20.4 Å². The zero-order valence-electron chi connectivity index (χ0n) is 21.3. The van der Waals surface area contributed by atoms with Crippen molar-refractivity contribution in [1.29, 1.82) is 0 Å². The van der Waals surface area contributed by atoms with Crippen molar-refractivity contribution in [2.75, 3.05) is 27.4 Å². The third-order valence-electron chi connectivity index (χ3n) is 5.07. The number of halogens is 2. The highest BCUT2D eigenvalue weighted by atomic mass is 35.5. The molecule has 0 radical (unpaired) electrons. The summed E-state index contributed by atoms with van der Waals surface area (Å²) in [5.41, 5.74) is 1.19. The Morgan fingerprint density at radius 3 is 2.23 bits per heavy atom. The molecule has 40 heavy (non-hydrogen) atoms. The van der Waals surface area contributed by atoms with Crippen LogP contribution in [0.5, 0.6) is 0 Å². The van der Waals surface area contributed by atoms with Crippen LogP contribution in [0.3, 0.4) is 0 Å². The lowest BCUT2D eigenvalue weighted by molar-refractivity contribution is -0.486. The topological polar surface area (TPSA) is 171 Å². The molecule has 1 aliphatic rings. The Morgan fingerprint density at radius 2 is 1.68 bits per heavy atom. The van der Waals surface area contributed by atoms with E-state index in [1.54, 1.807) is 24.3 Å². The first kappa shape index (κ1) is 30.9. The average molecular weight is 631 g/mol. The molecule has 4 rings (SSSR count). The van der Waals surface area contributed by atoms with Crippen LogP contribution in [0, 0.1) is 20.2 Å². The number of rotatable bonds is 8. The Labute approximate surface area is 247 Å². The molecule has 3 heterocycles. The summed E-state index contributed by atoms with van der Waals surface area (Å²) in [4.78, 5) is 36.5. The minimum Gasteiger partial charge on any atom is -0.354 e. The van der Waals surface area contributed by atoms with Gasteiger partial charge in [-0.1, -0.05) is 53.5 Å². The highest BCUT2D eigenvalue weighted by molar-refractivity contribution is 7.16. The van der Waals surface area contributed by atoms with Crippen LogP contribution < -0.4 is 10.6 Å². The van der Waals surface area contributed by atoms with Crippen molar-refractivity contribution in [3.8, 4) is 0 Å². The molecule has 0 atom stereocenters. The maximum Gasteiger partial charge on any atom is 0.276 e. The maximum atomic E-state index is 10.9. The average Bonchev–Trinajstić information content (AvgIpc) is 3.51. The van der Waals surface area contributed by atoms with Crippen molar-refractivity contribution in [2.45, 2.75) is 19.6 Å². The molecule has 1 saturated heterocycles. The SMILES string of the molecule is CN1CN(Cc2ccccc2)CN(Cc2cnc(Cl)s2)/C1=N/[N+](=O)[O-].CNC(=N[N+](=O)[O-])NCc1cnc(Cl)s1. The monoisotopic (exact) mass is 629 g/mol. The predicted octanol–water partition coefficient (Wildman–Crippen LogP) is 3.16. The first-order chi connectivity index (χ1) is 19.1. The second kappa shape index (κ2) is 15.2. The second-order valence-electron chi connectivity index (χ2n) is 8.08. The Bertz CT molecular complexity index is 1340. The van der Waals surface area contributed by atoms with Gasteiger partial charge in [0.1, 0.15) is 10.2 Å². The number of aromatic nitrogens is 2. The molecule has 2 N–H and O–H groups in total. The first-order valence-corrected chi connectivity index (χ1v) is 13.8. The van der Waals surface area contributed by atoms with Crippen molar-refractivity contribution < 1.29 is 10.1 Å². The molecule has 0 aliphatic carbocycles. The van der Waals surface area contributed by atoms with Crippen LogP contribution in [0.4, 0.5) is 0 Å². The van der Waals surface area contributed by atoms with Crippen LogP contribution in [-0.2, 0) is 19.6 Å². The van der Waals surface area contributed by atoms with E-state index in [2.05, 4.69) is 47.8 Å². The number of guanidine groups is 2. The van der Waals surface area contributed by atoms with Crippen molar-refractivity contribution in [1.82, 2.24) is 35.3 Å². The van der Waals surface area contributed by atoms with Crippen LogP contribution in [0.15, 0.2) is 52.9 Å². The molecule has 2 aromatic heterocycles. The standard InChI is InChI=1S/C15H17ClN6O2S.C6H8ClN5O2S/c1-19-10-20(8-12-5-3-2-4-6-12)11-21(15(19)18-22(23)24)9-13-7-17-14(16)25-13;1-8-6(11-12(13)14)10-3-4-2-9-5(7)15-4/h2-7H,8-11H2,1H3;2H,3H2,1H3,(H2,8,10,11)/b18-15+;. The number of thiazole rings is 2. The minimum atomic E-state index is -0.779. The third kappa shape index (κ3) is 10.2. The number of nitrogens with one attached hydrogen (secondary N) is 2. The van der Waals surface area contributed by atoms with Gasteiger partial charge in [0.05, 0.1) is 26.4 Å². The Hall–Kier alpha value is -3.64. The first-order valence-electron chi connectivity index (χ1n) is 11.4. The van der Waals surface area contributed by atoms with Crippen molar-refractivity contribution in [2.24, 2.45) is 10.2 Å². The number of hydrogen-bond acceptors (Lipinski definition) is 9. The minimum absolute atomic E-state index is 0.0875. The molecule has 0 saturated carbocycles. The van der Waals surface area contributed by atoms with Gasteiger partial charge in [-0.05, 0) is 5.56 Å². The molecule has 214 valence electrons. The van der Waals surface area contributed by atoms with E-state index in [0.29, 0.717) is 41.3 Å². The summed E-state index contributed by atoms with van der Waals surface area (Å²) in [6.45, 7) is 2.68. The molecule has 3 aromatic rings. The molecule has 0 amide bonds. The molecule has 0 spiro atoms. The van der Waals surface area contributed by atoms with Crippen LogP contribution in [0.25, 0.3) is 0 Å². The lowest BCUT2D eigenvalue weighted by atomic mass is 10.2. The van der Waals surface area contributed by atoms with Crippen LogP contribution in [-0.4, -0.2) is 74.1 Å². The largest absolute Gasteiger partial charge is 0.354 e. The van der Waals surface area contributed by atoms with Gasteiger partial charge in [0.15, 0.2) is 19.0 Å². The molecule has 1 aromatic carbocycles. The molecule has 0 unspecified atom stereocenters. The van der Waals surface area contributed by atoms with Gasteiger partial charge in [-0.25, -0.2) is 30.2 Å². The van der Waals surface area contributed by atoms with E-state index >= 15 is 0 Å². The van der Waals surface area contributed by atoms with Gasteiger partial charge in [-0.2, -0.15) is 0 Å². The Kier molecular flexibility index (Phi) is 11.8. The number of benzene rings is 1. The summed E-state index contributed by atoms with van der Waals surface area (Å²) >= 11 is 14.2. The summed E-state index contributed by atoms with van der Waals surface area (Å²) in [5.74, 6) is 0.420. The predicted molar refractivity (Wildman–Crippen MR) is 154 cm³/mol. The molecule has 15 nitrogen and oxygen atoms in total. The van der Waals surface area contributed by atoms with Crippen LogP contribution in [0.2, 0.25) is 8.93 Å². The molecule has 0 bridgehead atoms. The van der Waals surface area contributed by atoms with Crippen molar-refractivity contribution in [3.63, 3.8) is 0 Å². The van der Waals surface area contributed by atoms with Crippen molar-refractivity contribution in [3.05, 3.63) is 87.2 Å². The number of nitrogens with zero attached hydrogens (tertiary/aromatic N) is 9. The second-order valence-corrected chi connectivity index (χ2v) is 11.5. The third-order valence-corrected chi connectivity index (χ3v) is 7.29. The fourth-order valence-corrected chi connectivity index (χ4v) is 5.48. The fraction of sp³-hybridized carbons (Fsp3) is 0.333. The molecule has 19 heteroatoms. The van der Waals surface area contributed by atoms with Gasteiger partial charge in [-0.3, -0.25) is 4.90 Å². The zero-order chi connectivity index (χ0) is 29.1. The summed E-state index contributed by atoms with van der Waals surface area (Å²) < 4.78 is 0.887. The van der Waals surface area contributed by atoms with Crippen LogP contribution in [0.1, 0.15) is 15.3 Å². The smallest absolute Gasteiger partial charge is 0.276 e. The van der Waals surface area contributed by atoms with Gasteiger partial charge >= 0.3 is 0 Å². The van der Waals surface area contributed by atoms with E-state index in [0.717, 1.165) is 16.3 Å². The number of nitro groups is 2. The van der Waals surface area contributed by atoms with Gasteiger partial charge in [0, 0.05) is 42.8 Å². The summed E-state index contributed by atoms with van der Waals surface area (Å²) in [6.07, 6.45) is 3.28. The van der Waals surface area contributed by atoms with E-state index in [1.807, 2.05) is 23.1 Å². The van der Waals surface area contributed by atoms with E-state index in [9.17, 15) is 20.2 Å². The number of hydrazone groups is 2. The summed E-state index contributed by atoms with van der Waals surface area (Å²) in [7, 11) is 3.33. The summed E-state index contributed by atoms with van der Waals surface area (Å²) in [5, 5.41) is 31.5. The number of hydrogen-bond donors (Lipinski definition) is 2. The van der Waals surface area contributed by atoms with Crippen molar-refractivity contribution >= 4 is 57.8 Å². The Morgan fingerprint density at radius 1 is 1.02 bits per heavy atom.